The Kier molecular flexibility index (Phi) is 3.83. The molecule has 3 aliphatic rings. The van der Waals surface area contributed by atoms with Crippen molar-refractivity contribution in [2.45, 2.75) is 60.2 Å². The first kappa shape index (κ1) is 17.4. The molecule has 0 amide bonds. The summed E-state index contributed by atoms with van der Waals surface area (Å²) in [5.74, 6) is -0.126. The van der Waals surface area contributed by atoms with Crippen molar-refractivity contribution in [2.24, 2.45) is 28.6 Å². The summed E-state index contributed by atoms with van der Waals surface area (Å²) in [7, 11) is 0. The van der Waals surface area contributed by atoms with Crippen molar-refractivity contribution in [3.05, 3.63) is 23.3 Å². The molecule has 3 rings (SSSR count). The Balaban J connectivity index is 2.05. The predicted molar refractivity (Wildman–Crippen MR) is 91.1 cm³/mol. The minimum Gasteiger partial charge on any atom is -0.458 e. The second-order valence-electron chi connectivity index (χ2n) is 8.58. The third kappa shape index (κ3) is 2.01. The van der Waals surface area contributed by atoms with Crippen LogP contribution in [0.2, 0.25) is 0 Å². The maximum absolute atomic E-state index is 12.7. The Labute approximate surface area is 144 Å². The number of hydrogen-bond acceptors (Lipinski definition) is 4. The Hall–Kier alpha value is -1.42. The SMILES string of the molecule is C/C=C(/C)C(=O)O[C@H]1C[C@H](O)C(C)(C)[C@@H]2[C@H]3C(=O)C=C(C)[C@@H]2[C@@]13C. The normalized spacial score (nSPS) is 43.5. The third-order valence-electron chi connectivity index (χ3n) is 7.08. The van der Waals surface area contributed by atoms with E-state index in [1.165, 1.54) is 0 Å². The van der Waals surface area contributed by atoms with Crippen molar-refractivity contribution < 1.29 is 19.4 Å². The van der Waals surface area contributed by atoms with Crippen LogP contribution >= 0.6 is 0 Å². The van der Waals surface area contributed by atoms with Gasteiger partial charge in [-0.1, -0.05) is 32.4 Å². The van der Waals surface area contributed by atoms with Crippen LogP contribution in [0, 0.1) is 28.6 Å². The quantitative estimate of drug-likeness (QED) is 0.623. The van der Waals surface area contributed by atoms with Crippen LogP contribution in [-0.2, 0) is 14.3 Å². The summed E-state index contributed by atoms with van der Waals surface area (Å²) in [6.45, 7) is 11.7. The number of rotatable bonds is 2. The minimum atomic E-state index is -0.598. The number of ketones is 1. The molecule has 2 saturated carbocycles. The van der Waals surface area contributed by atoms with E-state index >= 15 is 0 Å². The zero-order valence-electron chi connectivity index (χ0n) is 15.4. The number of carbonyl (C=O) groups excluding carboxylic acids is 2. The lowest BCUT2D eigenvalue weighted by Gasteiger charge is -2.65. The molecule has 4 nitrogen and oxygen atoms in total. The fraction of sp³-hybridized carbons (Fsp3) is 0.700. The average molecular weight is 332 g/mol. The van der Waals surface area contributed by atoms with E-state index in [1.54, 1.807) is 26.0 Å². The van der Waals surface area contributed by atoms with Crippen LogP contribution in [0.1, 0.15) is 48.0 Å². The van der Waals surface area contributed by atoms with Crippen molar-refractivity contribution in [3.8, 4) is 0 Å². The van der Waals surface area contributed by atoms with E-state index in [-0.39, 0.29) is 34.9 Å². The van der Waals surface area contributed by atoms with Crippen LogP contribution in [0.25, 0.3) is 0 Å². The standard InChI is InChI=1S/C20H28O4/c1-7-10(2)18(23)24-14-9-13(22)19(4,5)17-15-11(3)8-12(21)16(17)20(14,15)6/h7-8,13-17,22H,9H2,1-6H3/b10-7-/t13-,14-,15-,16+,17-,20+/m0/s1. The molecule has 0 aromatic carbocycles. The van der Waals surface area contributed by atoms with Gasteiger partial charge in [0, 0.05) is 23.3 Å². The number of fused-ring (bicyclic) bond motifs is 1. The predicted octanol–water partition coefficient (Wildman–Crippen LogP) is 3.05. The van der Waals surface area contributed by atoms with E-state index < -0.39 is 17.6 Å². The molecule has 4 bridgehead atoms. The number of allylic oxidation sites excluding steroid dienone is 3. The Morgan fingerprint density at radius 1 is 1.33 bits per heavy atom. The molecular weight excluding hydrogens is 304 g/mol. The van der Waals surface area contributed by atoms with Crippen LogP contribution in [0.15, 0.2) is 23.3 Å². The summed E-state index contributed by atoms with van der Waals surface area (Å²) >= 11 is 0. The molecule has 24 heavy (non-hydrogen) atoms. The smallest absolute Gasteiger partial charge is 0.333 e. The molecule has 0 aromatic rings. The zero-order valence-corrected chi connectivity index (χ0v) is 15.4. The number of hydrogen-bond donors (Lipinski definition) is 1. The summed E-state index contributed by atoms with van der Waals surface area (Å²) < 4.78 is 5.83. The number of aliphatic hydroxyl groups excluding tert-OH is 1. The highest BCUT2D eigenvalue weighted by Crippen LogP contribution is 2.71. The molecule has 2 fully saturated rings. The molecule has 0 aliphatic heterocycles. The zero-order chi connectivity index (χ0) is 18.0. The van der Waals surface area contributed by atoms with Gasteiger partial charge in [0.1, 0.15) is 6.10 Å². The Morgan fingerprint density at radius 3 is 2.50 bits per heavy atom. The van der Waals surface area contributed by atoms with E-state index in [0.717, 1.165) is 5.57 Å². The molecule has 0 heterocycles. The molecule has 0 unspecified atom stereocenters. The van der Waals surface area contributed by atoms with Gasteiger partial charge < -0.3 is 9.84 Å². The number of ether oxygens (including phenoxy) is 1. The summed E-state index contributed by atoms with van der Waals surface area (Å²) in [5.41, 5.74) is 0.813. The second kappa shape index (κ2) is 5.29. The highest BCUT2D eigenvalue weighted by atomic mass is 16.5. The molecule has 4 heteroatoms. The molecule has 132 valence electrons. The van der Waals surface area contributed by atoms with E-state index in [2.05, 4.69) is 6.92 Å². The fourth-order valence-corrected chi connectivity index (χ4v) is 5.46. The molecule has 0 spiro atoms. The first-order valence-corrected chi connectivity index (χ1v) is 8.80. The van der Waals surface area contributed by atoms with Crippen molar-refractivity contribution in [1.29, 1.82) is 0 Å². The lowest BCUT2D eigenvalue weighted by Crippen LogP contribution is -2.67. The van der Waals surface area contributed by atoms with Gasteiger partial charge in [-0.15, -0.1) is 0 Å². The number of esters is 1. The van der Waals surface area contributed by atoms with Crippen molar-refractivity contribution in [1.82, 2.24) is 0 Å². The van der Waals surface area contributed by atoms with Crippen LogP contribution in [0.3, 0.4) is 0 Å². The summed E-state index contributed by atoms with van der Waals surface area (Å²) in [4.78, 5) is 25.1. The maximum Gasteiger partial charge on any atom is 0.333 e. The molecule has 3 aliphatic carbocycles. The summed E-state index contributed by atoms with van der Waals surface area (Å²) in [5, 5.41) is 10.8. The van der Waals surface area contributed by atoms with E-state index in [4.69, 9.17) is 4.74 Å². The fourth-order valence-electron chi connectivity index (χ4n) is 5.46. The van der Waals surface area contributed by atoms with Gasteiger partial charge in [0.05, 0.1) is 6.10 Å². The first-order valence-electron chi connectivity index (χ1n) is 8.80. The average Bonchev–Trinajstić information content (AvgIpc) is 2.59. The molecule has 1 N–H and O–H groups in total. The monoisotopic (exact) mass is 332 g/mol. The third-order valence-corrected chi connectivity index (χ3v) is 7.08. The van der Waals surface area contributed by atoms with Crippen molar-refractivity contribution in [2.75, 3.05) is 0 Å². The van der Waals surface area contributed by atoms with Crippen molar-refractivity contribution >= 4 is 11.8 Å². The van der Waals surface area contributed by atoms with Crippen molar-refractivity contribution in [3.63, 3.8) is 0 Å². The molecule has 0 aromatic heterocycles. The Morgan fingerprint density at radius 2 is 1.96 bits per heavy atom. The lowest BCUT2D eigenvalue weighted by atomic mass is 9.37. The molecule has 6 atom stereocenters. The number of aliphatic hydroxyl groups is 1. The summed E-state index contributed by atoms with van der Waals surface area (Å²) in [6.07, 6.45) is 2.81. The maximum atomic E-state index is 12.7. The Bertz CT molecular complexity index is 657. The topological polar surface area (TPSA) is 63.6 Å². The second-order valence-corrected chi connectivity index (χ2v) is 8.58. The van der Waals surface area contributed by atoms with Gasteiger partial charge in [-0.2, -0.15) is 0 Å². The van der Waals surface area contributed by atoms with Gasteiger partial charge in [0.25, 0.3) is 0 Å². The first-order chi connectivity index (χ1) is 11.1. The van der Waals surface area contributed by atoms with Crippen LogP contribution in [0.5, 0.6) is 0 Å². The molecule has 0 saturated heterocycles. The van der Waals surface area contributed by atoms with Gasteiger partial charge in [0.15, 0.2) is 5.78 Å². The molecular formula is C20H28O4. The van der Waals surface area contributed by atoms with Crippen LogP contribution in [-0.4, -0.2) is 29.1 Å². The van der Waals surface area contributed by atoms with E-state index in [1.807, 2.05) is 20.8 Å². The highest BCUT2D eigenvalue weighted by molar-refractivity contribution is 5.97. The minimum absolute atomic E-state index is 0.113. The lowest BCUT2D eigenvalue weighted by molar-refractivity contribution is -0.201. The largest absolute Gasteiger partial charge is 0.458 e. The molecule has 0 radical (unpaired) electrons. The van der Waals surface area contributed by atoms with Crippen LogP contribution in [0.4, 0.5) is 0 Å². The summed E-state index contributed by atoms with van der Waals surface area (Å²) in [6, 6.07) is 0. The van der Waals surface area contributed by atoms with E-state index in [0.29, 0.717) is 12.0 Å². The van der Waals surface area contributed by atoms with E-state index in [9.17, 15) is 14.7 Å². The van der Waals surface area contributed by atoms with Gasteiger partial charge in [-0.3, -0.25) is 4.79 Å². The van der Waals surface area contributed by atoms with Gasteiger partial charge in [0.2, 0.25) is 0 Å². The van der Waals surface area contributed by atoms with Gasteiger partial charge >= 0.3 is 5.97 Å². The van der Waals surface area contributed by atoms with Crippen LogP contribution < -0.4 is 0 Å². The van der Waals surface area contributed by atoms with Gasteiger partial charge in [-0.05, 0) is 44.1 Å². The number of carbonyl (C=O) groups is 2. The van der Waals surface area contributed by atoms with Gasteiger partial charge in [-0.25, -0.2) is 4.79 Å². The highest BCUT2D eigenvalue weighted by Gasteiger charge is 2.73.